The molecule has 7 nitrogen and oxygen atoms in total. The van der Waals surface area contributed by atoms with Crippen LogP contribution in [-0.4, -0.2) is 39.3 Å². The molecule has 2 aromatic heterocycles. The second kappa shape index (κ2) is 8.75. The first-order chi connectivity index (χ1) is 14.6. The fourth-order valence-corrected chi connectivity index (χ4v) is 3.41. The number of nitrogens with zero attached hydrogens (tertiary/aromatic N) is 2. The quantitative estimate of drug-likeness (QED) is 0.381. The Morgan fingerprint density at radius 1 is 1.10 bits per heavy atom. The highest BCUT2D eigenvalue weighted by Gasteiger charge is 2.13. The number of amides is 1. The molecule has 2 heterocycles. The summed E-state index contributed by atoms with van der Waals surface area (Å²) in [5, 5.41) is 23.6. The van der Waals surface area contributed by atoms with Crippen LogP contribution in [0.3, 0.4) is 0 Å². The molecule has 0 bridgehead atoms. The first-order valence-electron chi connectivity index (χ1n) is 9.73. The minimum atomic E-state index is -0.533. The second-order valence-electron chi connectivity index (χ2n) is 7.10. The molecule has 0 unspecified atom stereocenters. The van der Waals surface area contributed by atoms with Gasteiger partial charge in [-0.2, -0.15) is 5.10 Å². The van der Waals surface area contributed by atoms with E-state index in [0.717, 1.165) is 39.0 Å². The van der Waals surface area contributed by atoms with Gasteiger partial charge in [-0.15, -0.1) is 0 Å². The highest BCUT2D eigenvalue weighted by molar-refractivity contribution is 5.86. The molecular weight excluding hydrogens is 378 g/mol. The van der Waals surface area contributed by atoms with E-state index < -0.39 is 12.5 Å². The van der Waals surface area contributed by atoms with Gasteiger partial charge in [0.05, 0.1) is 22.9 Å². The third-order valence-corrected chi connectivity index (χ3v) is 5.01. The van der Waals surface area contributed by atoms with Gasteiger partial charge in [-0.05, 0) is 36.2 Å². The second-order valence-corrected chi connectivity index (χ2v) is 7.10. The van der Waals surface area contributed by atoms with E-state index >= 15 is 0 Å². The molecule has 4 rings (SSSR count). The number of hydrogen-bond acceptors (Lipinski definition) is 5. The van der Waals surface area contributed by atoms with E-state index in [1.54, 1.807) is 6.20 Å². The number of pyridine rings is 1. The molecule has 30 heavy (non-hydrogen) atoms. The van der Waals surface area contributed by atoms with Crippen LogP contribution >= 0.6 is 0 Å². The van der Waals surface area contributed by atoms with E-state index in [-0.39, 0.29) is 6.04 Å². The number of carbonyl (C=O) groups excluding carboxylic acids is 1. The number of anilines is 1. The largest absolute Gasteiger partial charge is 0.387 e. The summed E-state index contributed by atoms with van der Waals surface area (Å²) in [4.78, 5) is 15.9. The minimum absolute atomic E-state index is 0.169. The van der Waals surface area contributed by atoms with Crippen molar-refractivity contribution in [1.29, 1.82) is 0 Å². The van der Waals surface area contributed by atoms with Crippen molar-refractivity contribution < 1.29 is 9.90 Å². The van der Waals surface area contributed by atoms with Gasteiger partial charge in [-0.1, -0.05) is 36.4 Å². The van der Waals surface area contributed by atoms with E-state index in [4.69, 9.17) is 5.11 Å². The average Bonchev–Trinajstić information content (AvgIpc) is 3.17. The number of aromatic amines is 1. The Hall–Kier alpha value is -3.71. The number of aliphatic hydroxyl groups is 1. The molecule has 0 aliphatic carbocycles. The summed E-state index contributed by atoms with van der Waals surface area (Å²) in [5.41, 5.74) is 5.85. The number of fused-ring (bicyclic) bond motifs is 1. The Kier molecular flexibility index (Phi) is 5.72. The molecule has 0 aliphatic rings. The fraction of sp³-hybridized carbons (Fsp3) is 0.174. The van der Waals surface area contributed by atoms with Crippen molar-refractivity contribution in [2.75, 3.05) is 18.5 Å². The summed E-state index contributed by atoms with van der Waals surface area (Å²) >= 11 is 0. The standard InChI is InChI=1S/C23H23N5O2/c1-15-20-10-17(7-8-21(20)28-27-15)18-9-19(12-24-11-18)26-22(13-25-23(30)14-29)16-5-3-2-4-6-16/h2-12,22,26,29H,13-14H2,1H3,(H,25,30)(H,27,28)/t22-/m1/s1. The highest BCUT2D eigenvalue weighted by Crippen LogP contribution is 2.27. The van der Waals surface area contributed by atoms with Crippen molar-refractivity contribution in [3.05, 3.63) is 78.2 Å². The maximum Gasteiger partial charge on any atom is 0.245 e. The first-order valence-corrected chi connectivity index (χ1v) is 9.73. The van der Waals surface area contributed by atoms with Crippen LogP contribution in [0, 0.1) is 6.92 Å². The topological polar surface area (TPSA) is 103 Å². The number of benzene rings is 2. The van der Waals surface area contributed by atoms with Gasteiger partial charge in [-0.3, -0.25) is 14.9 Å². The zero-order valence-corrected chi connectivity index (χ0v) is 16.6. The summed E-state index contributed by atoms with van der Waals surface area (Å²) < 4.78 is 0. The Balaban J connectivity index is 1.60. The van der Waals surface area contributed by atoms with Gasteiger partial charge in [-0.25, -0.2) is 0 Å². The molecule has 0 fully saturated rings. The zero-order chi connectivity index (χ0) is 20.9. The van der Waals surface area contributed by atoms with Gasteiger partial charge < -0.3 is 15.7 Å². The van der Waals surface area contributed by atoms with Crippen LogP contribution in [0.25, 0.3) is 22.0 Å². The number of hydrogen-bond donors (Lipinski definition) is 4. The van der Waals surface area contributed by atoms with E-state index in [1.807, 2.05) is 61.7 Å². The molecule has 7 heteroatoms. The number of nitrogens with one attached hydrogen (secondary N) is 3. The van der Waals surface area contributed by atoms with Crippen LogP contribution in [0.5, 0.6) is 0 Å². The van der Waals surface area contributed by atoms with Crippen LogP contribution in [0.2, 0.25) is 0 Å². The Morgan fingerprint density at radius 3 is 2.73 bits per heavy atom. The van der Waals surface area contributed by atoms with Crippen LogP contribution in [0.4, 0.5) is 5.69 Å². The molecule has 152 valence electrons. The van der Waals surface area contributed by atoms with Crippen molar-refractivity contribution in [3.63, 3.8) is 0 Å². The molecule has 0 aliphatic heterocycles. The average molecular weight is 401 g/mol. The normalized spacial score (nSPS) is 11.9. The minimum Gasteiger partial charge on any atom is -0.387 e. The molecule has 0 spiro atoms. The van der Waals surface area contributed by atoms with Crippen LogP contribution in [0.15, 0.2) is 67.0 Å². The smallest absolute Gasteiger partial charge is 0.245 e. The van der Waals surface area contributed by atoms with Gasteiger partial charge in [0.1, 0.15) is 6.61 Å². The number of aryl methyl sites for hydroxylation is 1. The maximum absolute atomic E-state index is 11.5. The summed E-state index contributed by atoms with van der Waals surface area (Å²) in [6.07, 6.45) is 3.59. The molecule has 4 N–H and O–H groups in total. The lowest BCUT2D eigenvalue weighted by Gasteiger charge is -2.21. The van der Waals surface area contributed by atoms with Crippen molar-refractivity contribution in [2.24, 2.45) is 0 Å². The van der Waals surface area contributed by atoms with Crippen LogP contribution in [-0.2, 0) is 4.79 Å². The molecular formula is C23H23N5O2. The van der Waals surface area contributed by atoms with E-state index in [1.165, 1.54) is 0 Å². The van der Waals surface area contributed by atoms with Crippen molar-refractivity contribution in [3.8, 4) is 11.1 Å². The van der Waals surface area contributed by atoms with E-state index in [0.29, 0.717) is 6.54 Å². The number of carbonyl (C=O) groups is 1. The first kappa shape index (κ1) is 19.6. The van der Waals surface area contributed by atoms with E-state index in [9.17, 15) is 4.79 Å². The molecule has 0 saturated heterocycles. The lowest BCUT2D eigenvalue weighted by molar-refractivity contribution is -0.123. The third kappa shape index (κ3) is 4.31. The number of H-pyrrole nitrogens is 1. The van der Waals surface area contributed by atoms with E-state index in [2.05, 4.69) is 31.9 Å². The lowest BCUT2D eigenvalue weighted by Crippen LogP contribution is -2.33. The maximum atomic E-state index is 11.5. The summed E-state index contributed by atoms with van der Waals surface area (Å²) in [6, 6.07) is 17.9. The fourth-order valence-electron chi connectivity index (χ4n) is 3.41. The predicted molar refractivity (Wildman–Crippen MR) is 117 cm³/mol. The molecule has 4 aromatic rings. The Morgan fingerprint density at radius 2 is 1.93 bits per heavy atom. The van der Waals surface area contributed by atoms with Gasteiger partial charge in [0.2, 0.25) is 5.91 Å². The Bertz CT molecular complexity index is 1160. The molecule has 0 saturated carbocycles. The number of aliphatic hydroxyl groups excluding tert-OH is 1. The number of rotatable bonds is 7. The zero-order valence-electron chi connectivity index (χ0n) is 16.6. The summed E-state index contributed by atoms with van der Waals surface area (Å²) in [6.45, 7) is 1.78. The molecule has 1 atom stereocenters. The van der Waals surface area contributed by atoms with Crippen molar-refractivity contribution >= 4 is 22.5 Å². The monoisotopic (exact) mass is 401 g/mol. The van der Waals surface area contributed by atoms with Crippen molar-refractivity contribution in [1.82, 2.24) is 20.5 Å². The summed E-state index contributed by atoms with van der Waals surface area (Å²) in [7, 11) is 0. The third-order valence-electron chi connectivity index (χ3n) is 5.01. The van der Waals surface area contributed by atoms with Gasteiger partial charge in [0, 0.05) is 29.9 Å². The number of aromatic nitrogens is 3. The van der Waals surface area contributed by atoms with Gasteiger partial charge in [0.15, 0.2) is 0 Å². The molecule has 0 radical (unpaired) electrons. The van der Waals surface area contributed by atoms with Crippen molar-refractivity contribution in [2.45, 2.75) is 13.0 Å². The van der Waals surface area contributed by atoms with Crippen LogP contribution < -0.4 is 10.6 Å². The summed E-state index contributed by atoms with van der Waals surface area (Å²) in [5.74, 6) is -0.409. The SMILES string of the molecule is Cc1n[nH]c2ccc(-c3cncc(N[C@H](CNC(=O)CO)c4ccccc4)c3)cc12. The Labute approximate surface area is 174 Å². The van der Waals surface area contributed by atoms with Gasteiger partial charge >= 0.3 is 0 Å². The lowest BCUT2D eigenvalue weighted by atomic mass is 10.0. The van der Waals surface area contributed by atoms with Crippen LogP contribution in [0.1, 0.15) is 17.3 Å². The van der Waals surface area contributed by atoms with Gasteiger partial charge in [0.25, 0.3) is 0 Å². The highest BCUT2D eigenvalue weighted by atomic mass is 16.3. The molecule has 2 aromatic carbocycles. The predicted octanol–water partition coefficient (Wildman–Crippen LogP) is 3.20. The molecule has 1 amide bonds.